The number of phenolic OH excluding ortho intramolecular Hbond substituents is 1. The maximum absolute atomic E-state index is 13.8. The summed E-state index contributed by atoms with van der Waals surface area (Å²) in [6, 6.07) is 1.21. The van der Waals surface area contributed by atoms with Crippen LogP contribution in [0.5, 0.6) is 11.5 Å². The SMILES string of the molecule is COc1cc(Br)c(F)c(C(CN)C(=O)O)c1O. The minimum Gasteiger partial charge on any atom is -0.504 e. The van der Waals surface area contributed by atoms with Crippen molar-refractivity contribution in [1.82, 2.24) is 0 Å². The Balaban J connectivity index is 3.49. The highest BCUT2D eigenvalue weighted by Crippen LogP contribution is 2.40. The number of methoxy groups -OCH3 is 1. The number of phenols is 1. The molecule has 0 aliphatic heterocycles. The predicted octanol–water partition coefficient (Wildman–Crippen LogP) is 1.43. The standard InChI is InChI=1S/C10H11BrFNO4/c1-17-6-2-5(11)8(12)7(9(6)14)4(3-13)10(15)16/h2,4,14H,3,13H2,1H3,(H,15,16). The van der Waals surface area contributed by atoms with E-state index in [2.05, 4.69) is 15.9 Å². The highest BCUT2D eigenvalue weighted by atomic mass is 79.9. The van der Waals surface area contributed by atoms with E-state index >= 15 is 0 Å². The van der Waals surface area contributed by atoms with Gasteiger partial charge in [-0.3, -0.25) is 4.79 Å². The number of carboxylic acids is 1. The van der Waals surface area contributed by atoms with Crippen LogP contribution in [-0.2, 0) is 4.79 Å². The zero-order valence-corrected chi connectivity index (χ0v) is 10.5. The van der Waals surface area contributed by atoms with Crippen LogP contribution in [0.2, 0.25) is 0 Å². The van der Waals surface area contributed by atoms with Crippen molar-refractivity contribution in [3.63, 3.8) is 0 Å². The van der Waals surface area contributed by atoms with Crippen molar-refractivity contribution in [2.24, 2.45) is 5.73 Å². The third kappa shape index (κ3) is 2.50. The molecular formula is C10H11BrFNO4. The molecule has 1 aromatic carbocycles. The Morgan fingerprint density at radius 3 is 2.71 bits per heavy atom. The fraction of sp³-hybridized carbons (Fsp3) is 0.300. The fourth-order valence-electron chi connectivity index (χ4n) is 1.43. The summed E-state index contributed by atoms with van der Waals surface area (Å²) >= 11 is 2.92. The molecule has 17 heavy (non-hydrogen) atoms. The summed E-state index contributed by atoms with van der Waals surface area (Å²) in [5.74, 6) is -4.08. The maximum atomic E-state index is 13.8. The Bertz CT molecular complexity index is 452. The van der Waals surface area contributed by atoms with E-state index in [9.17, 15) is 14.3 Å². The molecule has 0 amide bonds. The van der Waals surface area contributed by atoms with Gasteiger partial charge < -0.3 is 20.7 Å². The molecule has 0 spiro atoms. The maximum Gasteiger partial charge on any atom is 0.312 e. The van der Waals surface area contributed by atoms with Crippen molar-refractivity contribution in [2.45, 2.75) is 5.92 Å². The summed E-state index contributed by atoms with van der Waals surface area (Å²) in [6.45, 7) is -0.334. The van der Waals surface area contributed by atoms with E-state index in [0.29, 0.717) is 0 Å². The van der Waals surface area contributed by atoms with Crippen molar-refractivity contribution >= 4 is 21.9 Å². The van der Waals surface area contributed by atoms with Gasteiger partial charge in [-0.15, -0.1) is 0 Å². The lowest BCUT2D eigenvalue weighted by Crippen LogP contribution is -2.22. The summed E-state index contributed by atoms with van der Waals surface area (Å²) in [6.07, 6.45) is 0. The van der Waals surface area contributed by atoms with E-state index in [1.54, 1.807) is 0 Å². The zero-order valence-electron chi connectivity index (χ0n) is 8.91. The van der Waals surface area contributed by atoms with E-state index < -0.39 is 23.5 Å². The van der Waals surface area contributed by atoms with Gasteiger partial charge in [-0.25, -0.2) is 4.39 Å². The van der Waals surface area contributed by atoms with Crippen LogP contribution in [0, 0.1) is 5.82 Å². The summed E-state index contributed by atoms with van der Waals surface area (Å²) in [5, 5.41) is 18.7. The molecule has 4 N–H and O–H groups in total. The molecule has 0 radical (unpaired) electrons. The number of hydrogen-bond acceptors (Lipinski definition) is 4. The van der Waals surface area contributed by atoms with E-state index in [0.717, 1.165) is 0 Å². The number of ether oxygens (including phenoxy) is 1. The normalized spacial score (nSPS) is 12.2. The van der Waals surface area contributed by atoms with Crippen LogP contribution in [0.4, 0.5) is 4.39 Å². The summed E-state index contributed by atoms with van der Waals surface area (Å²) in [7, 11) is 1.28. The largest absolute Gasteiger partial charge is 0.504 e. The average Bonchev–Trinajstić information content (AvgIpc) is 2.28. The van der Waals surface area contributed by atoms with Gasteiger partial charge in [0.2, 0.25) is 0 Å². The van der Waals surface area contributed by atoms with Gasteiger partial charge in [0.15, 0.2) is 11.5 Å². The van der Waals surface area contributed by atoms with Gasteiger partial charge in [-0.05, 0) is 15.9 Å². The molecule has 0 saturated heterocycles. The van der Waals surface area contributed by atoms with Crippen LogP contribution < -0.4 is 10.5 Å². The molecule has 1 rings (SSSR count). The Morgan fingerprint density at radius 1 is 1.71 bits per heavy atom. The molecule has 7 heteroatoms. The molecule has 1 aromatic rings. The molecule has 0 aromatic heterocycles. The molecule has 94 valence electrons. The highest BCUT2D eigenvalue weighted by molar-refractivity contribution is 9.10. The number of carbonyl (C=O) groups is 1. The van der Waals surface area contributed by atoms with Crippen LogP contribution >= 0.6 is 15.9 Å². The van der Waals surface area contributed by atoms with Crippen molar-refractivity contribution < 1.29 is 24.1 Å². The van der Waals surface area contributed by atoms with Crippen molar-refractivity contribution in [2.75, 3.05) is 13.7 Å². The Hall–Kier alpha value is -1.34. The first-order valence-electron chi connectivity index (χ1n) is 4.61. The molecule has 1 atom stereocenters. The second kappa shape index (κ2) is 5.33. The Labute approximate surface area is 105 Å². The lowest BCUT2D eigenvalue weighted by atomic mass is 9.97. The minimum atomic E-state index is -1.33. The first-order chi connectivity index (χ1) is 7.93. The Morgan fingerprint density at radius 2 is 2.29 bits per heavy atom. The monoisotopic (exact) mass is 307 g/mol. The smallest absolute Gasteiger partial charge is 0.312 e. The number of rotatable bonds is 4. The van der Waals surface area contributed by atoms with Gasteiger partial charge in [-0.1, -0.05) is 0 Å². The summed E-state index contributed by atoms with van der Waals surface area (Å²) in [5.41, 5.74) is 4.89. The second-order valence-corrected chi connectivity index (χ2v) is 4.12. The number of hydrogen-bond donors (Lipinski definition) is 3. The molecule has 5 nitrogen and oxygen atoms in total. The molecule has 0 aliphatic carbocycles. The third-order valence-corrected chi connectivity index (χ3v) is 2.87. The third-order valence-electron chi connectivity index (χ3n) is 2.29. The quantitative estimate of drug-likeness (QED) is 0.782. The topological polar surface area (TPSA) is 92.8 Å². The van der Waals surface area contributed by atoms with Crippen LogP contribution in [0.3, 0.4) is 0 Å². The number of benzene rings is 1. The first kappa shape index (κ1) is 13.7. The predicted molar refractivity (Wildman–Crippen MR) is 61.7 cm³/mol. The number of nitrogens with two attached hydrogens (primary N) is 1. The molecule has 0 fully saturated rings. The highest BCUT2D eigenvalue weighted by Gasteiger charge is 2.28. The molecule has 1 unspecified atom stereocenters. The fourth-order valence-corrected chi connectivity index (χ4v) is 1.85. The van der Waals surface area contributed by atoms with Crippen molar-refractivity contribution in [1.29, 1.82) is 0 Å². The number of aliphatic carboxylic acids is 1. The van der Waals surface area contributed by atoms with Crippen molar-refractivity contribution in [3.8, 4) is 11.5 Å². The molecular weight excluding hydrogens is 297 g/mol. The van der Waals surface area contributed by atoms with Gasteiger partial charge in [0.05, 0.1) is 17.1 Å². The molecule has 0 bridgehead atoms. The van der Waals surface area contributed by atoms with Gasteiger partial charge in [-0.2, -0.15) is 0 Å². The zero-order chi connectivity index (χ0) is 13.2. The second-order valence-electron chi connectivity index (χ2n) is 3.26. The summed E-state index contributed by atoms with van der Waals surface area (Å²) < 4.78 is 18.6. The van der Waals surface area contributed by atoms with E-state index in [-0.39, 0.29) is 22.3 Å². The van der Waals surface area contributed by atoms with Gasteiger partial charge in [0, 0.05) is 12.6 Å². The Kier molecular flexibility index (Phi) is 4.30. The minimum absolute atomic E-state index is 0.00171. The average molecular weight is 308 g/mol. The number of carboxylic acid groups (broad SMARTS) is 1. The summed E-state index contributed by atoms with van der Waals surface area (Å²) in [4.78, 5) is 10.9. The molecule has 0 heterocycles. The van der Waals surface area contributed by atoms with Gasteiger partial charge >= 0.3 is 5.97 Å². The van der Waals surface area contributed by atoms with E-state index in [1.165, 1.54) is 13.2 Å². The van der Waals surface area contributed by atoms with Crippen LogP contribution in [0.25, 0.3) is 0 Å². The number of halogens is 2. The molecule has 0 aliphatic rings. The van der Waals surface area contributed by atoms with E-state index in [1.807, 2.05) is 0 Å². The van der Waals surface area contributed by atoms with Gasteiger partial charge in [0.1, 0.15) is 11.7 Å². The van der Waals surface area contributed by atoms with Crippen LogP contribution in [0.1, 0.15) is 11.5 Å². The lowest BCUT2D eigenvalue weighted by Gasteiger charge is -2.16. The van der Waals surface area contributed by atoms with Crippen LogP contribution in [0.15, 0.2) is 10.5 Å². The first-order valence-corrected chi connectivity index (χ1v) is 5.41. The van der Waals surface area contributed by atoms with Crippen molar-refractivity contribution in [3.05, 3.63) is 21.9 Å². The van der Waals surface area contributed by atoms with E-state index in [4.69, 9.17) is 15.6 Å². The molecule has 0 saturated carbocycles. The van der Waals surface area contributed by atoms with Crippen LogP contribution in [-0.4, -0.2) is 29.8 Å². The van der Waals surface area contributed by atoms with Gasteiger partial charge in [0.25, 0.3) is 0 Å². The lowest BCUT2D eigenvalue weighted by molar-refractivity contribution is -0.138. The number of aromatic hydroxyl groups is 1.